The van der Waals surface area contributed by atoms with E-state index in [-0.39, 0.29) is 23.0 Å². The second kappa shape index (κ2) is 5.74. The maximum Gasteiger partial charge on any atom is 0.283 e. The minimum Gasteiger partial charge on any atom is -0.277 e. The van der Waals surface area contributed by atoms with Crippen LogP contribution >= 0.6 is 11.6 Å². The van der Waals surface area contributed by atoms with Crippen molar-refractivity contribution in [1.82, 2.24) is 18.5 Å². The molecular weight excluding hydrogens is 354 g/mol. The summed E-state index contributed by atoms with van der Waals surface area (Å²) in [4.78, 5) is 20.4. The molecule has 0 bridgehead atoms. The smallest absolute Gasteiger partial charge is 0.277 e. The van der Waals surface area contributed by atoms with Crippen LogP contribution in [0.2, 0.25) is 5.28 Å². The fraction of sp³-hybridized carbons (Fsp3) is 0.143. The Morgan fingerprint density at radius 1 is 1.33 bits per heavy atom. The fourth-order valence-electron chi connectivity index (χ4n) is 2.26. The molecule has 0 aliphatic rings. The summed E-state index contributed by atoms with van der Waals surface area (Å²) in [5, 5.41) is 8.94. The van der Waals surface area contributed by atoms with Crippen LogP contribution < -0.4 is 5.56 Å². The number of halogens is 1. The van der Waals surface area contributed by atoms with Gasteiger partial charge in [0, 0.05) is 0 Å². The van der Waals surface area contributed by atoms with E-state index in [1.165, 1.54) is 0 Å². The minimum absolute atomic E-state index is 0.0239. The highest BCUT2D eigenvalue weighted by Crippen LogP contribution is 2.15. The van der Waals surface area contributed by atoms with Crippen molar-refractivity contribution in [2.24, 2.45) is 0 Å². The van der Waals surface area contributed by atoms with Crippen LogP contribution in [0.25, 0.3) is 11.2 Å². The van der Waals surface area contributed by atoms with Crippen molar-refractivity contribution in [1.29, 1.82) is 5.26 Å². The SMILES string of the molecule is CS(=O)(=O)n1cnc2c(=O)n(Cc3ccccc3C#N)c(Cl)nc21. The summed E-state index contributed by atoms with van der Waals surface area (Å²) in [5.74, 6) is 0. The lowest BCUT2D eigenvalue weighted by atomic mass is 10.1. The molecule has 0 spiro atoms. The third kappa shape index (κ3) is 2.66. The van der Waals surface area contributed by atoms with Crippen molar-refractivity contribution in [2.45, 2.75) is 6.54 Å². The van der Waals surface area contributed by atoms with Crippen molar-refractivity contribution in [2.75, 3.05) is 6.26 Å². The normalized spacial score (nSPS) is 11.5. The fourth-order valence-corrected chi connectivity index (χ4v) is 3.13. The van der Waals surface area contributed by atoms with E-state index in [4.69, 9.17) is 16.9 Å². The number of hydrogen-bond donors (Lipinski definition) is 0. The Morgan fingerprint density at radius 2 is 2.04 bits per heavy atom. The van der Waals surface area contributed by atoms with Crippen LogP contribution in [0.4, 0.5) is 0 Å². The van der Waals surface area contributed by atoms with E-state index < -0.39 is 15.6 Å². The summed E-state index contributed by atoms with van der Waals surface area (Å²) in [6.07, 6.45) is 1.98. The standard InChI is InChI=1S/C14H10ClN5O3S/c1-24(22,23)20-8-17-11-12(20)18-14(15)19(13(11)21)7-10-5-3-2-4-9(10)6-16/h2-5,8H,7H2,1H3. The Morgan fingerprint density at radius 3 is 2.71 bits per heavy atom. The molecule has 0 unspecified atom stereocenters. The summed E-state index contributed by atoms with van der Waals surface area (Å²) >= 11 is 6.07. The van der Waals surface area contributed by atoms with Gasteiger partial charge in [0.05, 0.1) is 24.4 Å². The number of hydrogen-bond acceptors (Lipinski definition) is 6. The molecule has 0 N–H and O–H groups in total. The van der Waals surface area contributed by atoms with Crippen molar-refractivity contribution in [3.8, 4) is 6.07 Å². The molecule has 0 aliphatic heterocycles. The molecule has 0 radical (unpaired) electrons. The van der Waals surface area contributed by atoms with Gasteiger partial charge in [-0.1, -0.05) is 18.2 Å². The van der Waals surface area contributed by atoms with E-state index in [9.17, 15) is 13.2 Å². The molecule has 24 heavy (non-hydrogen) atoms. The average Bonchev–Trinajstić information content (AvgIpc) is 2.95. The molecule has 10 heteroatoms. The molecule has 122 valence electrons. The maximum atomic E-state index is 12.6. The van der Waals surface area contributed by atoms with Gasteiger partial charge >= 0.3 is 0 Å². The van der Waals surface area contributed by atoms with E-state index in [0.717, 1.165) is 21.1 Å². The van der Waals surface area contributed by atoms with Crippen molar-refractivity contribution < 1.29 is 8.42 Å². The molecule has 0 saturated carbocycles. The van der Waals surface area contributed by atoms with Gasteiger partial charge in [-0.2, -0.15) is 10.2 Å². The lowest BCUT2D eigenvalue weighted by molar-refractivity contribution is 0.594. The predicted octanol–water partition coefficient (Wildman–Crippen LogP) is 0.974. The highest BCUT2D eigenvalue weighted by molar-refractivity contribution is 7.89. The molecule has 0 atom stereocenters. The van der Waals surface area contributed by atoms with Gasteiger partial charge in [0.15, 0.2) is 11.2 Å². The summed E-state index contributed by atoms with van der Waals surface area (Å²) in [6.45, 7) is 0.0239. The number of benzene rings is 1. The van der Waals surface area contributed by atoms with Crippen LogP contribution in [0.15, 0.2) is 35.4 Å². The quantitative estimate of drug-likeness (QED) is 0.641. The van der Waals surface area contributed by atoms with Gasteiger partial charge in [0.2, 0.25) is 15.3 Å². The lowest BCUT2D eigenvalue weighted by Gasteiger charge is -2.09. The topological polar surface area (TPSA) is 111 Å². The molecule has 2 heterocycles. The molecule has 3 rings (SSSR count). The molecule has 2 aromatic heterocycles. The molecular formula is C14H10ClN5O3S. The summed E-state index contributed by atoms with van der Waals surface area (Å²) in [7, 11) is -3.66. The van der Waals surface area contributed by atoms with Gasteiger partial charge in [0.25, 0.3) is 5.56 Å². The van der Waals surface area contributed by atoms with Crippen molar-refractivity contribution in [3.63, 3.8) is 0 Å². The first-order valence-corrected chi connectivity index (χ1v) is 8.87. The Hall–Kier alpha value is -2.70. The zero-order valence-corrected chi connectivity index (χ0v) is 13.9. The zero-order chi connectivity index (χ0) is 17.5. The van der Waals surface area contributed by atoms with E-state index in [2.05, 4.69) is 9.97 Å². The lowest BCUT2D eigenvalue weighted by Crippen LogP contribution is -2.24. The molecule has 0 amide bonds. The highest BCUT2D eigenvalue weighted by atomic mass is 35.5. The van der Waals surface area contributed by atoms with E-state index in [1.54, 1.807) is 24.3 Å². The second-order valence-corrected chi connectivity index (χ2v) is 7.21. The van der Waals surface area contributed by atoms with Crippen LogP contribution in [-0.4, -0.2) is 33.2 Å². The Labute approximate surface area is 141 Å². The van der Waals surface area contributed by atoms with E-state index >= 15 is 0 Å². The van der Waals surface area contributed by atoms with Gasteiger partial charge in [-0.25, -0.2) is 17.4 Å². The molecule has 0 fully saturated rings. The zero-order valence-electron chi connectivity index (χ0n) is 12.3. The molecule has 1 aromatic carbocycles. The monoisotopic (exact) mass is 363 g/mol. The van der Waals surface area contributed by atoms with Gasteiger partial charge in [-0.05, 0) is 23.2 Å². The number of nitrogens with zero attached hydrogens (tertiary/aromatic N) is 5. The third-order valence-electron chi connectivity index (χ3n) is 3.40. The molecule has 0 aliphatic carbocycles. The second-order valence-electron chi connectivity index (χ2n) is 5.02. The summed E-state index contributed by atoms with van der Waals surface area (Å²) in [5.41, 5.74) is 0.173. The summed E-state index contributed by atoms with van der Waals surface area (Å²) < 4.78 is 25.3. The first-order chi connectivity index (χ1) is 11.3. The van der Waals surface area contributed by atoms with Gasteiger partial charge < -0.3 is 0 Å². The van der Waals surface area contributed by atoms with Crippen molar-refractivity contribution in [3.05, 3.63) is 57.4 Å². The van der Waals surface area contributed by atoms with Gasteiger partial charge in [-0.15, -0.1) is 0 Å². The van der Waals surface area contributed by atoms with Crippen molar-refractivity contribution >= 4 is 32.8 Å². The number of nitriles is 1. The number of fused-ring (bicyclic) bond motifs is 1. The summed E-state index contributed by atoms with van der Waals surface area (Å²) in [6, 6.07) is 8.80. The van der Waals surface area contributed by atoms with Crippen LogP contribution in [0, 0.1) is 11.3 Å². The van der Waals surface area contributed by atoms with E-state index in [0.29, 0.717) is 11.1 Å². The van der Waals surface area contributed by atoms with Gasteiger partial charge in [0.1, 0.15) is 6.33 Å². The molecule has 8 nitrogen and oxygen atoms in total. The predicted molar refractivity (Wildman–Crippen MR) is 87.3 cm³/mol. The van der Waals surface area contributed by atoms with E-state index in [1.807, 2.05) is 6.07 Å². The number of rotatable bonds is 3. The first kappa shape index (κ1) is 16.2. The number of imidazole rings is 1. The largest absolute Gasteiger partial charge is 0.283 e. The Kier molecular flexibility index (Phi) is 3.87. The van der Waals surface area contributed by atoms with Crippen LogP contribution in [-0.2, 0) is 16.6 Å². The average molecular weight is 364 g/mol. The maximum absolute atomic E-state index is 12.6. The molecule has 0 saturated heterocycles. The third-order valence-corrected chi connectivity index (χ3v) is 4.67. The van der Waals surface area contributed by atoms with Crippen LogP contribution in [0.5, 0.6) is 0 Å². The highest BCUT2D eigenvalue weighted by Gasteiger charge is 2.19. The van der Waals surface area contributed by atoms with Crippen LogP contribution in [0.1, 0.15) is 11.1 Å². The Bertz CT molecular complexity index is 1160. The first-order valence-electron chi connectivity index (χ1n) is 6.65. The number of aromatic nitrogens is 4. The van der Waals surface area contributed by atoms with Crippen LogP contribution in [0.3, 0.4) is 0 Å². The van der Waals surface area contributed by atoms with Gasteiger partial charge in [-0.3, -0.25) is 9.36 Å². The minimum atomic E-state index is -3.66. The molecule has 3 aromatic rings. The Balaban J connectivity index is 2.21.